The minimum absolute atomic E-state index is 0.0156. The average Bonchev–Trinajstić information content (AvgIpc) is 3.66. The summed E-state index contributed by atoms with van der Waals surface area (Å²) in [4.78, 5) is 3.45. The molecule has 2 aliphatic carbocycles. The molecule has 0 spiro atoms. The van der Waals surface area contributed by atoms with Gasteiger partial charge in [-0.3, -0.25) is 4.40 Å². The molecule has 5 nitrogen and oxygen atoms in total. The first-order chi connectivity index (χ1) is 15.8. The first-order valence-electron chi connectivity index (χ1n) is 10.7. The van der Waals surface area contributed by atoms with E-state index in [0.717, 1.165) is 18.9 Å². The Morgan fingerprint density at radius 3 is 2.58 bits per heavy atom. The van der Waals surface area contributed by atoms with Gasteiger partial charge in [-0.1, -0.05) is 5.73 Å². The van der Waals surface area contributed by atoms with Gasteiger partial charge in [0.1, 0.15) is 34.4 Å². The van der Waals surface area contributed by atoms with E-state index in [0.29, 0.717) is 42.6 Å². The first-order valence-corrected chi connectivity index (χ1v) is 10.7. The van der Waals surface area contributed by atoms with E-state index in [1.807, 2.05) is 0 Å². The Hall–Kier alpha value is -3.39. The quantitative estimate of drug-likeness (QED) is 0.410. The molecule has 10 heteroatoms. The average molecular weight is 459 g/mol. The van der Waals surface area contributed by atoms with Crippen LogP contribution in [0.25, 0.3) is 5.65 Å². The number of rotatable bonds is 5. The smallest absolute Gasteiger partial charge is 0.357 e. The Balaban J connectivity index is 1.26. The molecule has 6 rings (SSSR count). The summed E-state index contributed by atoms with van der Waals surface area (Å²) in [7, 11) is 0. The van der Waals surface area contributed by atoms with E-state index < -0.39 is 23.4 Å². The Morgan fingerprint density at radius 1 is 1.03 bits per heavy atom. The summed E-state index contributed by atoms with van der Waals surface area (Å²) < 4.78 is 71.1. The Bertz CT molecular complexity index is 1350. The van der Waals surface area contributed by atoms with Crippen LogP contribution in [0.4, 0.5) is 27.6 Å². The van der Waals surface area contributed by atoms with Crippen LogP contribution in [0.15, 0.2) is 47.6 Å². The van der Waals surface area contributed by atoms with Crippen molar-refractivity contribution >= 4 is 11.3 Å². The zero-order valence-electron chi connectivity index (χ0n) is 17.3. The molecule has 1 aliphatic heterocycles. The van der Waals surface area contributed by atoms with Crippen LogP contribution in [0, 0.1) is 17.6 Å². The molecule has 3 heterocycles. The van der Waals surface area contributed by atoms with Crippen LogP contribution in [0.5, 0.6) is 0 Å². The van der Waals surface area contributed by atoms with Crippen LogP contribution >= 0.6 is 0 Å². The molecule has 2 aromatic heterocycles. The predicted molar refractivity (Wildman–Crippen MR) is 109 cm³/mol. The summed E-state index contributed by atoms with van der Waals surface area (Å²) in [6.07, 6.45) is -0.221. The Morgan fingerprint density at radius 2 is 1.85 bits per heavy atom. The molecule has 170 valence electrons. The van der Waals surface area contributed by atoms with E-state index in [1.165, 1.54) is 22.6 Å². The van der Waals surface area contributed by atoms with Crippen molar-refractivity contribution in [1.29, 1.82) is 0 Å². The third kappa shape index (κ3) is 3.54. The number of fused-ring (bicyclic) bond motifs is 2. The number of benzene rings is 1. The molecule has 1 saturated carbocycles. The monoisotopic (exact) mass is 459 g/mol. The molecule has 0 atom stereocenters. The number of pyridine rings is 1. The van der Waals surface area contributed by atoms with E-state index >= 15 is 0 Å². The number of alkyl halides is 3. The van der Waals surface area contributed by atoms with Crippen LogP contribution in [0.3, 0.4) is 0 Å². The van der Waals surface area contributed by atoms with Gasteiger partial charge < -0.3 is 9.80 Å². The minimum atomic E-state index is -4.59. The fraction of sp³-hybridized carbons (Fsp3) is 0.348. The summed E-state index contributed by atoms with van der Waals surface area (Å²) in [6, 6.07) is 4.81. The number of nitrogens with zero attached hydrogens (tertiary/aromatic N) is 5. The van der Waals surface area contributed by atoms with Gasteiger partial charge in [-0.15, -0.1) is 10.2 Å². The highest BCUT2D eigenvalue weighted by molar-refractivity contribution is 5.64. The highest BCUT2D eigenvalue weighted by Crippen LogP contribution is 2.41. The molecule has 0 N–H and O–H groups in total. The lowest BCUT2D eigenvalue weighted by atomic mass is 10.1. The largest absolute Gasteiger partial charge is 0.420 e. The standard InChI is InChI=1S/C23H18F5N5/c24-15-3-4-17(16(25)10-15)32-8-7-31(18-11-19(18)32)12-14-5-6-33-20(9-13-1-2-13)29-30-22(33)21(14)23(26,27)28/h3-6,10,13H,1-2,7-9,12H2. The Labute approximate surface area is 185 Å². The normalized spacial score (nSPS) is 17.8. The fourth-order valence-corrected chi connectivity index (χ4v) is 4.46. The second-order valence-electron chi connectivity index (χ2n) is 8.66. The van der Waals surface area contributed by atoms with Gasteiger partial charge in [0.15, 0.2) is 5.65 Å². The number of hydrogen-bond acceptors (Lipinski definition) is 4. The highest BCUT2D eigenvalue weighted by atomic mass is 19.4. The van der Waals surface area contributed by atoms with E-state index in [4.69, 9.17) is 0 Å². The van der Waals surface area contributed by atoms with Gasteiger partial charge in [-0.25, -0.2) is 8.78 Å². The zero-order chi connectivity index (χ0) is 22.9. The van der Waals surface area contributed by atoms with Crippen molar-refractivity contribution in [3.05, 3.63) is 76.2 Å². The number of halogens is 5. The lowest BCUT2D eigenvalue weighted by molar-refractivity contribution is -0.137. The molecule has 2 fully saturated rings. The van der Waals surface area contributed by atoms with E-state index in [9.17, 15) is 22.0 Å². The molecular weight excluding hydrogens is 441 g/mol. The number of aromatic nitrogens is 3. The lowest BCUT2D eigenvalue weighted by Gasteiger charge is -2.34. The summed E-state index contributed by atoms with van der Waals surface area (Å²) in [5.74, 6) is -0.340. The topological polar surface area (TPSA) is 36.7 Å². The van der Waals surface area contributed by atoms with Crippen molar-refractivity contribution in [3.8, 4) is 0 Å². The van der Waals surface area contributed by atoms with Crippen molar-refractivity contribution in [2.45, 2.75) is 32.0 Å². The molecule has 33 heavy (non-hydrogen) atoms. The van der Waals surface area contributed by atoms with Gasteiger partial charge in [-0.05, 0) is 42.5 Å². The predicted octanol–water partition coefficient (Wildman–Crippen LogP) is 4.68. The second kappa shape index (κ2) is 7.05. The zero-order valence-corrected chi connectivity index (χ0v) is 17.3. The molecule has 3 aromatic rings. The van der Waals surface area contributed by atoms with Crippen molar-refractivity contribution < 1.29 is 22.0 Å². The van der Waals surface area contributed by atoms with Crippen LogP contribution in [0.1, 0.15) is 29.8 Å². The molecule has 1 saturated heterocycles. The van der Waals surface area contributed by atoms with E-state index in [-0.39, 0.29) is 23.4 Å². The minimum Gasteiger partial charge on any atom is -0.357 e. The van der Waals surface area contributed by atoms with Gasteiger partial charge >= 0.3 is 6.18 Å². The van der Waals surface area contributed by atoms with Crippen molar-refractivity contribution in [2.75, 3.05) is 18.0 Å². The van der Waals surface area contributed by atoms with Crippen LogP contribution in [-0.4, -0.2) is 32.6 Å². The third-order valence-corrected chi connectivity index (χ3v) is 6.33. The second-order valence-corrected chi connectivity index (χ2v) is 8.66. The van der Waals surface area contributed by atoms with E-state index in [1.54, 1.807) is 16.0 Å². The lowest BCUT2D eigenvalue weighted by Crippen LogP contribution is -2.39. The summed E-state index contributed by atoms with van der Waals surface area (Å²) in [5.41, 5.74) is 3.63. The first kappa shape index (κ1) is 20.2. The Kier molecular flexibility index (Phi) is 4.32. The molecular formula is C23H18F5N5. The van der Waals surface area contributed by atoms with Crippen molar-refractivity contribution in [1.82, 2.24) is 19.5 Å². The number of hydrogen-bond donors (Lipinski definition) is 0. The van der Waals surface area contributed by atoms with E-state index in [2.05, 4.69) is 15.9 Å². The third-order valence-electron chi connectivity index (χ3n) is 6.33. The molecule has 3 aliphatic rings. The summed E-state index contributed by atoms with van der Waals surface area (Å²) >= 11 is 0. The van der Waals surface area contributed by atoms with Gasteiger partial charge in [0, 0.05) is 38.3 Å². The molecule has 0 radical (unpaired) electrons. The van der Waals surface area contributed by atoms with Crippen molar-refractivity contribution in [3.63, 3.8) is 0 Å². The van der Waals surface area contributed by atoms with Crippen LogP contribution in [0.2, 0.25) is 0 Å². The molecule has 0 amide bonds. The summed E-state index contributed by atoms with van der Waals surface area (Å²) in [5, 5.41) is 7.91. The number of piperazine rings is 1. The van der Waals surface area contributed by atoms with Gasteiger partial charge in [0.05, 0.1) is 5.69 Å². The van der Waals surface area contributed by atoms with Gasteiger partial charge in [-0.2, -0.15) is 13.2 Å². The summed E-state index contributed by atoms with van der Waals surface area (Å²) in [6.45, 7) is 0.723. The van der Waals surface area contributed by atoms with Crippen molar-refractivity contribution in [2.24, 2.45) is 5.92 Å². The SMILES string of the molecule is Fc1ccc(N2CCN(Cc3ccn4c(CC5CC5)nnc4c3C(F)(F)F)C3=C=C32)c(F)c1. The maximum absolute atomic E-state index is 14.2. The fourth-order valence-electron chi connectivity index (χ4n) is 4.46. The maximum Gasteiger partial charge on any atom is 0.420 e. The molecule has 1 aromatic carbocycles. The molecule has 0 unspecified atom stereocenters. The maximum atomic E-state index is 14.2. The van der Waals surface area contributed by atoms with Crippen LogP contribution < -0.4 is 4.90 Å². The van der Waals surface area contributed by atoms with Gasteiger partial charge in [0.25, 0.3) is 0 Å². The number of anilines is 1. The van der Waals surface area contributed by atoms with Crippen LogP contribution in [-0.2, 0) is 19.1 Å². The highest BCUT2D eigenvalue weighted by Gasteiger charge is 2.40. The van der Waals surface area contributed by atoms with Gasteiger partial charge in [0.2, 0.25) is 0 Å². The molecule has 0 bridgehead atoms.